The number of hydrogen-bond donors (Lipinski definition) is 2. The van der Waals surface area contributed by atoms with Crippen LogP contribution in [-0.2, 0) is 9.53 Å². The standard InChI is InChI=1S/C6H13NO3/c1-10-4-5(2-3-7)6(8)9/h5H,2-4,7H2,1H3,(H,8,9). The van der Waals surface area contributed by atoms with Gasteiger partial charge in [-0.15, -0.1) is 0 Å². The molecule has 0 amide bonds. The molecular weight excluding hydrogens is 134 g/mol. The van der Waals surface area contributed by atoms with Gasteiger partial charge in [-0.1, -0.05) is 0 Å². The summed E-state index contributed by atoms with van der Waals surface area (Å²) in [4.78, 5) is 10.3. The van der Waals surface area contributed by atoms with Crippen LogP contribution in [-0.4, -0.2) is 31.3 Å². The molecule has 10 heavy (non-hydrogen) atoms. The molecule has 0 bridgehead atoms. The minimum absolute atomic E-state index is 0.243. The molecule has 0 spiro atoms. The molecule has 1 unspecified atom stereocenters. The molecule has 0 aromatic carbocycles. The smallest absolute Gasteiger partial charge is 0.308 e. The van der Waals surface area contributed by atoms with E-state index in [1.165, 1.54) is 7.11 Å². The quantitative estimate of drug-likeness (QED) is 0.559. The Morgan fingerprint density at radius 1 is 1.80 bits per heavy atom. The zero-order valence-electron chi connectivity index (χ0n) is 6.04. The van der Waals surface area contributed by atoms with E-state index in [4.69, 9.17) is 10.8 Å². The van der Waals surface area contributed by atoms with Crippen molar-refractivity contribution in [2.75, 3.05) is 20.3 Å². The fourth-order valence-electron chi connectivity index (χ4n) is 0.680. The van der Waals surface area contributed by atoms with E-state index in [-0.39, 0.29) is 6.61 Å². The number of aliphatic carboxylic acids is 1. The Labute approximate surface area is 60.0 Å². The van der Waals surface area contributed by atoms with E-state index < -0.39 is 11.9 Å². The summed E-state index contributed by atoms with van der Waals surface area (Å²) in [6.07, 6.45) is 0.475. The summed E-state index contributed by atoms with van der Waals surface area (Å²) in [5, 5.41) is 8.50. The monoisotopic (exact) mass is 147 g/mol. The summed E-state index contributed by atoms with van der Waals surface area (Å²) < 4.78 is 4.68. The van der Waals surface area contributed by atoms with Gasteiger partial charge in [0.05, 0.1) is 12.5 Å². The second-order valence-corrected chi connectivity index (χ2v) is 2.07. The van der Waals surface area contributed by atoms with Crippen LogP contribution < -0.4 is 5.73 Å². The molecule has 0 aliphatic carbocycles. The zero-order valence-corrected chi connectivity index (χ0v) is 6.04. The predicted molar refractivity (Wildman–Crippen MR) is 36.7 cm³/mol. The molecule has 1 atom stereocenters. The maximum Gasteiger partial charge on any atom is 0.308 e. The lowest BCUT2D eigenvalue weighted by atomic mass is 10.1. The van der Waals surface area contributed by atoms with Crippen LogP contribution in [0.3, 0.4) is 0 Å². The molecule has 60 valence electrons. The van der Waals surface area contributed by atoms with Crippen LogP contribution in [0, 0.1) is 5.92 Å². The molecule has 0 aromatic heterocycles. The Balaban J connectivity index is 3.61. The number of nitrogens with two attached hydrogens (primary N) is 1. The van der Waals surface area contributed by atoms with E-state index in [2.05, 4.69) is 4.74 Å². The van der Waals surface area contributed by atoms with E-state index in [0.29, 0.717) is 13.0 Å². The van der Waals surface area contributed by atoms with Crippen LogP contribution in [0.4, 0.5) is 0 Å². The van der Waals surface area contributed by atoms with E-state index in [9.17, 15) is 4.79 Å². The third kappa shape index (κ3) is 3.42. The van der Waals surface area contributed by atoms with Crippen molar-refractivity contribution in [3.63, 3.8) is 0 Å². The van der Waals surface area contributed by atoms with Gasteiger partial charge in [0, 0.05) is 7.11 Å². The minimum atomic E-state index is -0.840. The van der Waals surface area contributed by atoms with Crippen LogP contribution in [0.2, 0.25) is 0 Å². The number of carbonyl (C=O) groups is 1. The average molecular weight is 147 g/mol. The van der Waals surface area contributed by atoms with Gasteiger partial charge in [-0.3, -0.25) is 4.79 Å². The average Bonchev–Trinajstić information content (AvgIpc) is 1.87. The Morgan fingerprint density at radius 2 is 2.40 bits per heavy atom. The molecule has 0 rings (SSSR count). The molecule has 4 nitrogen and oxygen atoms in total. The molecule has 0 radical (unpaired) electrons. The summed E-state index contributed by atoms with van der Waals surface area (Å²) in [7, 11) is 1.48. The number of hydrogen-bond acceptors (Lipinski definition) is 3. The van der Waals surface area contributed by atoms with Gasteiger partial charge in [0.15, 0.2) is 0 Å². The van der Waals surface area contributed by atoms with Gasteiger partial charge >= 0.3 is 5.97 Å². The number of rotatable bonds is 5. The molecule has 0 heterocycles. The van der Waals surface area contributed by atoms with E-state index in [1.807, 2.05) is 0 Å². The van der Waals surface area contributed by atoms with Gasteiger partial charge in [0.25, 0.3) is 0 Å². The third-order valence-electron chi connectivity index (χ3n) is 1.23. The Morgan fingerprint density at radius 3 is 2.70 bits per heavy atom. The highest BCUT2D eigenvalue weighted by Gasteiger charge is 2.15. The Bertz CT molecular complexity index is 99.2. The van der Waals surface area contributed by atoms with Crippen molar-refractivity contribution < 1.29 is 14.6 Å². The number of ether oxygens (including phenoxy) is 1. The van der Waals surface area contributed by atoms with Gasteiger partial charge in [-0.25, -0.2) is 0 Å². The summed E-state index contributed by atoms with van der Waals surface area (Å²) >= 11 is 0. The van der Waals surface area contributed by atoms with Gasteiger partial charge in [-0.2, -0.15) is 0 Å². The lowest BCUT2D eigenvalue weighted by Crippen LogP contribution is -2.22. The molecule has 0 aromatic rings. The lowest BCUT2D eigenvalue weighted by molar-refractivity contribution is -0.143. The highest BCUT2D eigenvalue weighted by atomic mass is 16.5. The van der Waals surface area contributed by atoms with Crippen LogP contribution in [0.25, 0.3) is 0 Å². The van der Waals surface area contributed by atoms with Gasteiger partial charge in [0.1, 0.15) is 0 Å². The molecule has 0 saturated heterocycles. The fourth-order valence-corrected chi connectivity index (χ4v) is 0.680. The second kappa shape index (κ2) is 5.20. The normalized spacial score (nSPS) is 13.0. The fraction of sp³-hybridized carbons (Fsp3) is 0.833. The van der Waals surface area contributed by atoms with Crippen LogP contribution >= 0.6 is 0 Å². The summed E-state index contributed by atoms with van der Waals surface area (Å²) in [6, 6.07) is 0. The zero-order chi connectivity index (χ0) is 7.98. The summed E-state index contributed by atoms with van der Waals surface area (Å²) in [5.74, 6) is -1.29. The first kappa shape index (κ1) is 9.39. The van der Waals surface area contributed by atoms with Crippen molar-refractivity contribution in [2.24, 2.45) is 11.7 Å². The van der Waals surface area contributed by atoms with Crippen molar-refractivity contribution in [1.82, 2.24) is 0 Å². The van der Waals surface area contributed by atoms with Crippen molar-refractivity contribution in [1.29, 1.82) is 0 Å². The first-order valence-corrected chi connectivity index (χ1v) is 3.14. The number of methoxy groups -OCH3 is 1. The molecule has 4 heteroatoms. The van der Waals surface area contributed by atoms with Crippen molar-refractivity contribution in [2.45, 2.75) is 6.42 Å². The maximum absolute atomic E-state index is 10.3. The second-order valence-electron chi connectivity index (χ2n) is 2.07. The highest BCUT2D eigenvalue weighted by molar-refractivity contribution is 5.70. The van der Waals surface area contributed by atoms with Gasteiger partial charge in [0.2, 0.25) is 0 Å². The maximum atomic E-state index is 10.3. The number of carboxylic acid groups (broad SMARTS) is 1. The molecule has 0 fully saturated rings. The minimum Gasteiger partial charge on any atom is -0.481 e. The largest absolute Gasteiger partial charge is 0.481 e. The first-order chi connectivity index (χ1) is 4.72. The highest BCUT2D eigenvalue weighted by Crippen LogP contribution is 2.01. The first-order valence-electron chi connectivity index (χ1n) is 3.14. The molecule has 0 aliphatic heterocycles. The summed E-state index contributed by atoms with van der Waals surface area (Å²) in [5.41, 5.74) is 5.18. The van der Waals surface area contributed by atoms with E-state index in [0.717, 1.165) is 0 Å². The van der Waals surface area contributed by atoms with Crippen LogP contribution in [0.1, 0.15) is 6.42 Å². The molecular formula is C6H13NO3. The Kier molecular flexibility index (Phi) is 4.88. The predicted octanol–water partition coefficient (Wildman–Crippen LogP) is -0.318. The summed E-state index contributed by atoms with van der Waals surface area (Å²) in [6.45, 7) is 0.632. The van der Waals surface area contributed by atoms with Crippen molar-refractivity contribution >= 4 is 5.97 Å². The number of carboxylic acids is 1. The Hall–Kier alpha value is -0.610. The van der Waals surface area contributed by atoms with E-state index >= 15 is 0 Å². The van der Waals surface area contributed by atoms with Crippen LogP contribution in [0.5, 0.6) is 0 Å². The lowest BCUT2D eigenvalue weighted by Gasteiger charge is -2.08. The van der Waals surface area contributed by atoms with Gasteiger partial charge < -0.3 is 15.6 Å². The third-order valence-corrected chi connectivity index (χ3v) is 1.23. The molecule has 3 N–H and O–H groups in total. The molecule has 0 aliphatic rings. The van der Waals surface area contributed by atoms with Crippen molar-refractivity contribution in [3.05, 3.63) is 0 Å². The van der Waals surface area contributed by atoms with E-state index in [1.54, 1.807) is 0 Å². The van der Waals surface area contributed by atoms with Crippen molar-refractivity contribution in [3.8, 4) is 0 Å². The topological polar surface area (TPSA) is 72.5 Å². The SMILES string of the molecule is COCC(CCN)C(=O)O. The van der Waals surface area contributed by atoms with Gasteiger partial charge in [-0.05, 0) is 13.0 Å². The van der Waals surface area contributed by atoms with Crippen LogP contribution in [0.15, 0.2) is 0 Å². The molecule has 0 saturated carbocycles.